The van der Waals surface area contributed by atoms with E-state index in [-0.39, 0.29) is 12.1 Å². The van der Waals surface area contributed by atoms with Crippen LogP contribution in [0.1, 0.15) is 31.0 Å². The number of rotatable bonds is 3. The molecule has 2 unspecified atom stereocenters. The van der Waals surface area contributed by atoms with Gasteiger partial charge in [0.1, 0.15) is 0 Å². The van der Waals surface area contributed by atoms with Crippen LogP contribution in [0.3, 0.4) is 0 Å². The van der Waals surface area contributed by atoms with Gasteiger partial charge in [-0.05, 0) is 38.0 Å². The van der Waals surface area contributed by atoms with E-state index in [9.17, 15) is 0 Å². The Bertz CT molecular complexity index is 436. The second-order valence-corrected chi connectivity index (χ2v) is 5.84. The predicted octanol–water partition coefficient (Wildman–Crippen LogP) is 2.76. The van der Waals surface area contributed by atoms with Crippen molar-refractivity contribution in [2.75, 3.05) is 19.7 Å². The zero-order valence-corrected chi connectivity index (χ0v) is 12.7. The number of nitrogens with two attached hydrogens (primary N) is 1. The van der Waals surface area contributed by atoms with Gasteiger partial charge in [0.2, 0.25) is 0 Å². The molecule has 0 spiro atoms. The molecular formula is C15H23ClN2O. The Hall–Kier alpha value is -0.610. The van der Waals surface area contributed by atoms with E-state index in [0.717, 1.165) is 23.7 Å². The molecule has 0 saturated carbocycles. The van der Waals surface area contributed by atoms with E-state index in [4.69, 9.17) is 22.1 Å². The second kappa shape index (κ2) is 6.23. The highest BCUT2D eigenvalue weighted by Gasteiger charge is 2.34. The van der Waals surface area contributed by atoms with Crippen LogP contribution in [0.2, 0.25) is 5.02 Å². The summed E-state index contributed by atoms with van der Waals surface area (Å²) in [6, 6.07) is 6.91. The lowest BCUT2D eigenvalue weighted by molar-refractivity contribution is -0.0789. The Morgan fingerprint density at radius 2 is 2.21 bits per heavy atom. The van der Waals surface area contributed by atoms with Crippen molar-refractivity contribution in [1.82, 2.24) is 4.90 Å². The molecule has 19 heavy (non-hydrogen) atoms. The maximum atomic E-state index is 6.26. The van der Waals surface area contributed by atoms with Gasteiger partial charge >= 0.3 is 0 Å². The van der Waals surface area contributed by atoms with E-state index in [1.54, 1.807) is 0 Å². The molecule has 0 aliphatic carbocycles. The fourth-order valence-corrected chi connectivity index (χ4v) is 2.92. The van der Waals surface area contributed by atoms with Crippen LogP contribution < -0.4 is 5.73 Å². The molecule has 1 aromatic rings. The van der Waals surface area contributed by atoms with Crippen LogP contribution in [-0.2, 0) is 4.74 Å². The number of hydrogen-bond acceptors (Lipinski definition) is 3. The van der Waals surface area contributed by atoms with E-state index in [1.165, 1.54) is 5.56 Å². The van der Waals surface area contributed by atoms with Crippen molar-refractivity contribution >= 4 is 11.6 Å². The number of benzene rings is 1. The van der Waals surface area contributed by atoms with Gasteiger partial charge in [-0.1, -0.05) is 23.7 Å². The Balaban J connectivity index is 2.36. The van der Waals surface area contributed by atoms with Crippen LogP contribution in [0.15, 0.2) is 18.2 Å². The summed E-state index contributed by atoms with van der Waals surface area (Å²) in [7, 11) is 0. The van der Waals surface area contributed by atoms with E-state index in [2.05, 4.69) is 30.9 Å². The average molecular weight is 283 g/mol. The molecule has 0 bridgehead atoms. The van der Waals surface area contributed by atoms with Gasteiger partial charge in [0, 0.05) is 24.2 Å². The molecule has 0 amide bonds. The Morgan fingerprint density at radius 3 is 2.79 bits per heavy atom. The first-order chi connectivity index (χ1) is 9.04. The molecule has 1 fully saturated rings. The standard InChI is InChI=1S/C15H23ClN2O/c1-10(2)18-6-7-19-14(9-17)15(18)12-5-4-11(3)13(16)8-12/h4-5,8,10,14-15H,6-7,9,17H2,1-3H3. The largest absolute Gasteiger partial charge is 0.374 e. The SMILES string of the molecule is Cc1ccc(C2C(CN)OCCN2C(C)C)cc1Cl. The quantitative estimate of drug-likeness (QED) is 0.926. The van der Waals surface area contributed by atoms with E-state index in [1.807, 2.05) is 13.0 Å². The van der Waals surface area contributed by atoms with Crippen LogP contribution in [0.4, 0.5) is 0 Å². The van der Waals surface area contributed by atoms with Crippen molar-refractivity contribution in [2.24, 2.45) is 5.73 Å². The molecule has 2 rings (SSSR count). The van der Waals surface area contributed by atoms with Crippen molar-refractivity contribution in [2.45, 2.75) is 39.0 Å². The molecule has 106 valence electrons. The third kappa shape index (κ3) is 3.11. The lowest BCUT2D eigenvalue weighted by Crippen LogP contribution is -2.50. The molecule has 4 heteroatoms. The van der Waals surface area contributed by atoms with Crippen molar-refractivity contribution in [3.05, 3.63) is 34.3 Å². The highest BCUT2D eigenvalue weighted by Crippen LogP contribution is 2.32. The maximum Gasteiger partial charge on any atom is 0.0894 e. The maximum absolute atomic E-state index is 6.26. The number of halogens is 1. The first-order valence-corrected chi connectivity index (χ1v) is 7.26. The zero-order chi connectivity index (χ0) is 14.0. The summed E-state index contributed by atoms with van der Waals surface area (Å²) in [6.45, 7) is 8.65. The summed E-state index contributed by atoms with van der Waals surface area (Å²) in [6.07, 6.45) is 0.0370. The lowest BCUT2D eigenvalue weighted by Gasteiger charge is -2.43. The zero-order valence-electron chi connectivity index (χ0n) is 11.9. The smallest absolute Gasteiger partial charge is 0.0894 e. The monoisotopic (exact) mass is 282 g/mol. The second-order valence-electron chi connectivity index (χ2n) is 5.43. The number of hydrogen-bond donors (Lipinski definition) is 1. The van der Waals surface area contributed by atoms with Crippen LogP contribution in [-0.4, -0.2) is 36.7 Å². The van der Waals surface area contributed by atoms with Crippen molar-refractivity contribution < 1.29 is 4.74 Å². The molecule has 1 aliphatic rings. The molecule has 1 aliphatic heterocycles. The lowest BCUT2D eigenvalue weighted by atomic mass is 9.96. The third-order valence-electron chi connectivity index (χ3n) is 3.82. The minimum absolute atomic E-state index is 0.0370. The molecule has 1 saturated heterocycles. The fourth-order valence-electron chi connectivity index (χ4n) is 2.73. The molecule has 0 radical (unpaired) electrons. The summed E-state index contributed by atoms with van der Waals surface area (Å²) in [5.74, 6) is 0. The number of morpholine rings is 1. The fraction of sp³-hybridized carbons (Fsp3) is 0.600. The van der Waals surface area contributed by atoms with Gasteiger partial charge in [0.15, 0.2) is 0 Å². The predicted molar refractivity (Wildman–Crippen MR) is 79.6 cm³/mol. The first kappa shape index (κ1) is 14.8. The van der Waals surface area contributed by atoms with Crippen LogP contribution in [0, 0.1) is 6.92 Å². The third-order valence-corrected chi connectivity index (χ3v) is 4.23. The summed E-state index contributed by atoms with van der Waals surface area (Å²) in [5, 5.41) is 0.808. The summed E-state index contributed by atoms with van der Waals surface area (Å²) < 4.78 is 5.83. The minimum atomic E-state index is 0.0370. The topological polar surface area (TPSA) is 38.5 Å². The van der Waals surface area contributed by atoms with Crippen LogP contribution in [0.5, 0.6) is 0 Å². The first-order valence-electron chi connectivity index (χ1n) is 6.88. The highest BCUT2D eigenvalue weighted by molar-refractivity contribution is 6.31. The average Bonchev–Trinajstić information content (AvgIpc) is 2.41. The van der Waals surface area contributed by atoms with Crippen LogP contribution in [0.25, 0.3) is 0 Å². The summed E-state index contributed by atoms with van der Waals surface area (Å²) >= 11 is 6.26. The molecule has 3 nitrogen and oxygen atoms in total. The molecule has 0 aromatic heterocycles. The van der Waals surface area contributed by atoms with Crippen molar-refractivity contribution in [1.29, 1.82) is 0 Å². The van der Waals surface area contributed by atoms with Crippen molar-refractivity contribution in [3.63, 3.8) is 0 Å². The van der Waals surface area contributed by atoms with Gasteiger partial charge in [-0.15, -0.1) is 0 Å². The molecule has 2 N–H and O–H groups in total. The minimum Gasteiger partial charge on any atom is -0.374 e. The summed E-state index contributed by atoms with van der Waals surface area (Å²) in [5.41, 5.74) is 8.17. The normalized spacial score (nSPS) is 24.9. The van der Waals surface area contributed by atoms with Gasteiger partial charge < -0.3 is 10.5 Å². The van der Waals surface area contributed by atoms with Crippen molar-refractivity contribution in [3.8, 4) is 0 Å². The Labute approximate surface area is 120 Å². The van der Waals surface area contributed by atoms with E-state index >= 15 is 0 Å². The summed E-state index contributed by atoms with van der Waals surface area (Å²) in [4.78, 5) is 2.45. The molecule has 1 aromatic carbocycles. The van der Waals surface area contributed by atoms with Gasteiger partial charge in [-0.2, -0.15) is 0 Å². The molecule has 2 atom stereocenters. The van der Waals surface area contributed by atoms with Crippen LogP contribution >= 0.6 is 11.6 Å². The highest BCUT2D eigenvalue weighted by atomic mass is 35.5. The van der Waals surface area contributed by atoms with E-state index < -0.39 is 0 Å². The number of nitrogens with zero attached hydrogens (tertiary/aromatic N) is 1. The van der Waals surface area contributed by atoms with Gasteiger partial charge in [-0.3, -0.25) is 4.90 Å². The Morgan fingerprint density at radius 1 is 1.47 bits per heavy atom. The van der Waals surface area contributed by atoms with Gasteiger partial charge in [-0.25, -0.2) is 0 Å². The molecule has 1 heterocycles. The van der Waals surface area contributed by atoms with Gasteiger partial charge in [0.05, 0.1) is 18.8 Å². The van der Waals surface area contributed by atoms with Gasteiger partial charge in [0.25, 0.3) is 0 Å². The Kier molecular flexibility index (Phi) is 4.85. The molecular weight excluding hydrogens is 260 g/mol. The number of aryl methyl sites for hydroxylation is 1. The van der Waals surface area contributed by atoms with E-state index in [0.29, 0.717) is 12.6 Å². The number of ether oxygens (including phenoxy) is 1.